The van der Waals surface area contributed by atoms with Crippen LogP contribution in [0.1, 0.15) is 0 Å². The Hall–Kier alpha value is 4.70. The Bertz CT molecular complexity index is 353. The van der Waals surface area contributed by atoms with Crippen LogP contribution in [0, 0.1) is 0 Å². The maximum absolute atomic E-state index is 2.47. The molecule has 8 aliphatic rings. The molecule has 0 aromatic rings. The van der Waals surface area contributed by atoms with E-state index in [4.69, 9.17) is 0 Å². The molecule has 78 heavy (non-hydrogen) atoms. The summed E-state index contributed by atoms with van der Waals surface area (Å²) in [6, 6.07) is 0. The summed E-state index contributed by atoms with van der Waals surface area (Å²) in [4.78, 5) is 19.8. The molecule has 50 N–H and O–H groups in total. The van der Waals surface area contributed by atoms with Gasteiger partial charge in [-0.1, -0.05) is 0 Å². The molecule has 8 aliphatic heterocycles. The minimum Gasteiger partial charge on any atom is -2.00 e. The second kappa shape index (κ2) is 321. The SMILES string of the molecule is C1N2CN3CN1CN(C2)C3.C1N2CN3CN1CN(C2)C3.O.O.O.O.O.O.[Co+3].[Co+3].[O-2].[O-2].[O-2].[O-2].[O-2].[O-2].[O-2].[O-2].[O-2].[O-2].[O-2].[O-2].[O-2].[O-2].[O-2].[O-2].[O-2].[O-2].[O-2].[O-2].[O-2].[O-2].[O-2].[O-2].[O-2].[O-2].[OH-].[OH-].[OH3+].[OH3+].[OH3+].[OH3+].[OH3+].[OH3+].[OH3+].[OH3+].[OH3+].[OH3+].[OH3+].[OH3+].[V+4].[V+4].[V].[V].[V].[V].[V].[V].[V].[V]. The molecule has 54 nitrogen and oxygen atoms in total. The Balaban J connectivity index is -0.00000000163. The first-order valence-electron chi connectivity index (χ1n) is 7.59. The second-order valence-corrected chi connectivity index (χ2v) is 7.06. The maximum atomic E-state index is 2.47. The van der Waals surface area contributed by atoms with E-state index in [0.29, 0.717) is 0 Å². The molecule has 0 saturated carbocycles. The molecular weight excluding hydrogens is 1620 g/mol. The van der Waals surface area contributed by atoms with Gasteiger partial charge in [0.1, 0.15) is 0 Å². The van der Waals surface area contributed by atoms with Crippen molar-refractivity contribution in [1.29, 1.82) is 0 Å². The van der Waals surface area contributed by atoms with E-state index in [1.54, 1.807) is 0 Å². The van der Waals surface area contributed by atoms with Gasteiger partial charge in [-0.05, 0) is 0 Å². The Kier molecular flexibility index (Phi) is 2760. The Morgan fingerprint density at radius 3 is 0.192 bits per heavy atom. The van der Waals surface area contributed by atoms with Crippen molar-refractivity contribution < 1.29 is 471 Å². The molecule has 0 amide bonds. The van der Waals surface area contributed by atoms with Crippen LogP contribution in [0.25, 0.3) is 0 Å². The van der Waals surface area contributed by atoms with Gasteiger partial charge in [-0.3, -0.25) is 39.2 Å². The first-order chi connectivity index (χ1) is 9.80. The number of hydrogen-bond donors (Lipinski definition) is 0. The van der Waals surface area contributed by atoms with Crippen LogP contribution >= 0.6 is 0 Å². The van der Waals surface area contributed by atoms with E-state index in [1.807, 2.05) is 0 Å². The zero-order valence-electron chi connectivity index (χ0n) is 38.6. The standard InChI is InChI=1S/2C6H12N4.2Co.20H2O.26O.10V/c2*1-7-2-9-4-8(1)5-10(3-7)6-9;;;;;;;;;;;;;;;;;;;;;;;;;;;;;;;;;;;;;;;;;;;;;;;;;;;;;;;;;;/h2*1-6H2;;;20*1H2;;;;;;;;;;;;;;;;;;;;;;;;;;;;;;;;;;;;/q;;2*+3;;;;;;;;;;;;;;;;;;;;;26*-2;;;;;;;;;2*+4/p+10. The number of rotatable bonds is 0. The van der Waals surface area contributed by atoms with Crippen LogP contribution < -0.4 is 0 Å². The van der Waals surface area contributed by atoms with E-state index in [1.165, 1.54) is 80.0 Å². The predicted octanol–water partition coefficient (Wildman–Crippen LogP) is -21.5. The van der Waals surface area contributed by atoms with Crippen LogP contribution in [0.4, 0.5) is 0 Å². The van der Waals surface area contributed by atoms with Crippen molar-refractivity contribution in [2.24, 2.45) is 0 Å². The van der Waals surface area contributed by atoms with Crippen molar-refractivity contribution in [1.82, 2.24) is 39.2 Å². The monoisotopic (exact) mass is 1690 g/mol. The fourth-order valence-electron chi connectivity index (χ4n) is 4.47. The third kappa shape index (κ3) is 185. The van der Waals surface area contributed by atoms with Crippen LogP contribution in [-0.2, 0) is 427 Å². The van der Waals surface area contributed by atoms with Crippen molar-refractivity contribution in [2.45, 2.75) is 0 Å². The summed E-state index contributed by atoms with van der Waals surface area (Å²) in [5.41, 5.74) is 0. The van der Waals surface area contributed by atoms with E-state index in [9.17, 15) is 0 Å². The van der Waals surface area contributed by atoms with Crippen LogP contribution in [0.3, 0.4) is 0 Å². The molecule has 0 aromatic carbocycles. The zero-order chi connectivity index (χ0) is 13.1. The molecule has 8 bridgehead atoms. The molecule has 0 aliphatic carbocycles. The molecule has 66 heteroatoms. The largest absolute Gasteiger partial charge is 4.00 e. The topological polar surface area (TPSA) is 1410 Å². The van der Waals surface area contributed by atoms with E-state index >= 15 is 0 Å². The summed E-state index contributed by atoms with van der Waals surface area (Å²) < 4.78 is 0. The summed E-state index contributed by atoms with van der Waals surface area (Å²) in [7, 11) is 0. The van der Waals surface area contributed by atoms with Gasteiger partial charge in [-0.25, -0.2) is 0 Å². The summed E-state index contributed by atoms with van der Waals surface area (Å²) >= 11 is 0. The maximum Gasteiger partial charge on any atom is 4.00 e. The van der Waals surface area contributed by atoms with Gasteiger partial charge in [0.05, 0.1) is 80.0 Å². The molecule has 8 heterocycles. The molecule has 0 atom stereocenters. The average molecular weight is 1690 g/mol. The van der Waals surface area contributed by atoms with Gasteiger partial charge in [0.2, 0.25) is 0 Å². The normalized spacial score (nSPS) is 14.8. The van der Waals surface area contributed by atoms with Crippen LogP contribution in [-0.4, -0.2) is 163 Å². The van der Waals surface area contributed by atoms with Crippen molar-refractivity contribution in [3.63, 3.8) is 0 Å². The summed E-state index contributed by atoms with van der Waals surface area (Å²) in [5, 5.41) is 0. The number of hydrogen-bond acceptors (Lipinski definition) is 10. The minimum absolute atomic E-state index is 0. The fraction of sp³-hybridized carbons (Fsp3) is 1.00. The van der Waals surface area contributed by atoms with Gasteiger partial charge in [0, 0.05) is 148 Å². The summed E-state index contributed by atoms with van der Waals surface area (Å²) in [6.45, 7) is 14.2. The summed E-state index contributed by atoms with van der Waals surface area (Å²) in [5.74, 6) is 0. The molecule has 0 unspecified atom stereocenters. The molecule has 534 valence electrons. The number of nitrogens with zero attached hydrogens (tertiary/aromatic N) is 8. The summed E-state index contributed by atoms with van der Waals surface area (Å²) in [6.07, 6.45) is 0. The molecule has 0 aromatic heterocycles. The van der Waals surface area contributed by atoms with Crippen LogP contribution in [0.2, 0.25) is 0 Å². The van der Waals surface area contributed by atoms with Gasteiger partial charge in [-0.15, -0.1) is 0 Å². The van der Waals surface area contributed by atoms with E-state index < -0.39 is 0 Å². The smallest absolute Gasteiger partial charge is 2.00 e. The average Bonchev–Trinajstić information content (AvgIpc) is 2.35. The quantitative estimate of drug-likeness (QED) is 0.206. The van der Waals surface area contributed by atoms with Crippen molar-refractivity contribution in [3.8, 4) is 0 Å². The molecule has 8 saturated heterocycles. The first-order valence-corrected chi connectivity index (χ1v) is 7.59. The van der Waals surface area contributed by atoms with Gasteiger partial charge >= 0.3 is 70.7 Å². The second-order valence-electron chi connectivity index (χ2n) is 7.06. The Morgan fingerprint density at radius 2 is 0.167 bits per heavy atom. The minimum atomic E-state index is 0. The van der Waals surface area contributed by atoms with Gasteiger partial charge in [-0.2, -0.15) is 0 Å². The van der Waals surface area contributed by atoms with Crippen molar-refractivity contribution in [2.75, 3.05) is 80.0 Å². The van der Waals surface area contributed by atoms with Crippen LogP contribution in [0.5, 0.6) is 0 Å². The van der Waals surface area contributed by atoms with Gasteiger partial charge < -0.3 is 252 Å². The molecule has 0 spiro atoms. The third-order valence-corrected chi connectivity index (χ3v) is 4.80. The van der Waals surface area contributed by atoms with E-state index in [-0.39, 0.29) is 471 Å². The third-order valence-electron chi connectivity index (χ3n) is 4.80. The predicted molar refractivity (Wildman–Crippen MR) is 175 cm³/mol. The molecular formula is C12H74Co2N8O46V10-28. The zero-order valence-corrected chi connectivity index (χ0v) is 54.7. The molecule has 8 fully saturated rings. The fourth-order valence-corrected chi connectivity index (χ4v) is 4.47. The van der Waals surface area contributed by atoms with Crippen molar-refractivity contribution in [3.05, 3.63) is 0 Å². The van der Waals surface area contributed by atoms with Crippen molar-refractivity contribution >= 4 is 0 Å². The van der Waals surface area contributed by atoms with E-state index in [2.05, 4.69) is 39.2 Å². The van der Waals surface area contributed by atoms with Gasteiger partial charge in [0.25, 0.3) is 0 Å². The first kappa shape index (κ1) is 670. The van der Waals surface area contributed by atoms with Gasteiger partial charge in [0.15, 0.2) is 0 Å². The van der Waals surface area contributed by atoms with Crippen LogP contribution in [0.15, 0.2) is 0 Å². The molecule has 8 rings (SSSR count). The molecule has 10 radical (unpaired) electrons. The van der Waals surface area contributed by atoms with E-state index in [0.717, 1.165) is 0 Å². The Labute approximate surface area is 585 Å². The Morgan fingerprint density at radius 1 is 0.141 bits per heavy atom.